The quantitative estimate of drug-likeness (QED) is 0.181. The molecule has 36 heavy (non-hydrogen) atoms. The van der Waals surface area contributed by atoms with Gasteiger partial charge in [0.1, 0.15) is 0 Å². The molecule has 12 heteroatoms. The number of amides is 2. The predicted octanol–water partition coefficient (Wildman–Crippen LogP) is 5.26. The van der Waals surface area contributed by atoms with Crippen molar-refractivity contribution >= 4 is 6.03 Å². The summed E-state index contributed by atoms with van der Waals surface area (Å²) in [4.78, 5) is 11.5. The van der Waals surface area contributed by atoms with E-state index < -0.39 is 41.2 Å². The number of nitrogens with one attached hydrogen (secondary N) is 3. The summed E-state index contributed by atoms with van der Waals surface area (Å²) >= 11 is 0. The lowest BCUT2D eigenvalue weighted by atomic mass is 9.81. The molecule has 0 unspecified atom stereocenters. The van der Waals surface area contributed by atoms with Gasteiger partial charge in [-0.3, -0.25) is 5.43 Å². The van der Waals surface area contributed by atoms with Gasteiger partial charge >= 0.3 is 18.4 Å². The highest BCUT2D eigenvalue weighted by Gasteiger charge is 2.39. The summed E-state index contributed by atoms with van der Waals surface area (Å²) in [6, 6.07) is 9.83. The number of rotatable bonds is 6. The molecule has 3 atom stereocenters. The van der Waals surface area contributed by atoms with E-state index in [1.807, 2.05) is 35.8 Å². The number of hydrogen-bond donors (Lipinski definition) is 4. The van der Waals surface area contributed by atoms with Gasteiger partial charge in [0.2, 0.25) is 0 Å². The van der Waals surface area contributed by atoms with E-state index in [-0.39, 0.29) is 31.7 Å². The number of nitrogens with two attached hydrogens (primary N) is 1. The molecule has 0 aliphatic carbocycles. The Balaban J connectivity index is 0.00000456. The van der Waals surface area contributed by atoms with Crippen molar-refractivity contribution in [2.75, 3.05) is 13.2 Å². The average Bonchev–Trinajstić information content (AvgIpc) is 2.82. The van der Waals surface area contributed by atoms with E-state index >= 15 is 0 Å². The van der Waals surface area contributed by atoms with Gasteiger partial charge in [0.15, 0.2) is 0 Å². The largest absolute Gasteiger partial charge is 0.416 e. The molecule has 2 aromatic carbocycles. The smallest absolute Gasteiger partial charge is 0.372 e. The van der Waals surface area contributed by atoms with Crippen LogP contribution in [-0.4, -0.2) is 25.2 Å². The van der Waals surface area contributed by atoms with Crippen molar-refractivity contribution in [2.24, 2.45) is 5.84 Å². The molecule has 0 aromatic heterocycles. The summed E-state index contributed by atoms with van der Waals surface area (Å²) in [5.41, 5.74) is -0.942. The van der Waals surface area contributed by atoms with E-state index in [9.17, 15) is 31.1 Å². The summed E-state index contributed by atoms with van der Waals surface area (Å²) in [7, 11) is 0. The number of carbonyl (C=O) groups is 1. The average molecular weight is 521 g/mol. The maximum absolute atomic E-state index is 13.3. The number of piperidine rings is 1. The summed E-state index contributed by atoms with van der Waals surface area (Å²) in [5, 5.41) is 6.04. The monoisotopic (exact) mass is 520 g/mol. The van der Waals surface area contributed by atoms with Crippen molar-refractivity contribution in [3.8, 4) is 0 Å². The van der Waals surface area contributed by atoms with Gasteiger partial charge in [-0.2, -0.15) is 26.3 Å². The minimum absolute atomic E-state index is 0. The van der Waals surface area contributed by atoms with E-state index in [1.165, 1.54) is 6.92 Å². The number of hydrogen-bond acceptors (Lipinski definition) is 4. The van der Waals surface area contributed by atoms with Gasteiger partial charge in [-0.1, -0.05) is 37.8 Å². The van der Waals surface area contributed by atoms with E-state index in [2.05, 4.69) is 10.6 Å². The normalized spacial score (nSPS) is 21.3. The molecule has 0 radical (unpaired) electrons. The first-order valence-electron chi connectivity index (χ1n) is 10.8. The second kappa shape index (κ2) is 11.5. The molecule has 2 aromatic rings. The molecule has 5 N–H and O–H groups in total. The lowest BCUT2D eigenvalue weighted by Crippen LogP contribution is -2.58. The number of ether oxygens (including phenoxy) is 1. The maximum atomic E-state index is 13.3. The van der Waals surface area contributed by atoms with Crippen LogP contribution in [0.4, 0.5) is 31.1 Å². The maximum Gasteiger partial charge on any atom is 0.416 e. The Morgan fingerprint density at radius 2 is 1.69 bits per heavy atom. The van der Waals surface area contributed by atoms with E-state index in [0.29, 0.717) is 31.5 Å². The highest BCUT2D eigenvalue weighted by atomic mass is 19.4. The highest BCUT2D eigenvalue weighted by Crippen LogP contribution is 2.39. The third-order valence-corrected chi connectivity index (χ3v) is 6.06. The zero-order chi connectivity index (χ0) is 25.9. The zero-order valence-corrected chi connectivity index (χ0v) is 18.8. The van der Waals surface area contributed by atoms with Gasteiger partial charge in [0.05, 0.1) is 29.4 Å². The molecule has 200 valence electrons. The second-order valence-electron chi connectivity index (χ2n) is 8.47. The van der Waals surface area contributed by atoms with Crippen LogP contribution in [0.15, 0.2) is 48.5 Å². The molecule has 6 nitrogen and oxygen atoms in total. The van der Waals surface area contributed by atoms with Crippen LogP contribution in [0.2, 0.25) is 0 Å². The summed E-state index contributed by atoms with van der Waals surface area (Å²) in [5.74, 6) is 5.10. The summed E-state index contributed by atoms with van der Waals surface area (Å²) in [6.45, 7) is 1.74. The Bertz CT molecular complexity index is 974. The molecule has 1 saturated heterocycles. The molecule has 3 rings (SSSR count). The first-order chi connectivity index (χ1) is 16.3. The number of alkyl halides is 6. The van der Waals surface area contributed by atoms with E-state index in [4.69, 9.17) is 10.6 Å². The van der Waals surface area contributed by atoms with Crippen molar-refractivity contribution in [1.82, 2.24) is 16.1 Å². The van der Waals surface area contributed by atoms with Gasteiger partial charge in [-0.15, -0.1) is 0 Å². The fourth-order valence-corrected chi connectivity index (χ4v) is 4.07. The van der Waals surface area contributed by atoms with Crippen molar-refractivity contribution < 1.29 is 35.9 Å². The molecule has 1 aliphatic heterocycles. The number of hydrazine groups is 1. The van der Waals surface area contributed by atoms with Crippen molar-refractivity contribution in [1.29, 1.82) is 0 Å². The zero-order valence-electron chi connectivity index (χ0n) is 18.8. The van der Waals surface area contributed by atoms with Crippen LogP contribution in [0.3, 0.4) is 0 Å². The van der Waals surface area contributed by atoms with Crippen LogP contribution >= 0.6 is 0 Å². The first-order valence-corrected chi connectivity index (χ1v) is 10.8. The van der Waals surface area contributed by atoms with Crippen LogP contribution in [-0.2, 0) is 22.6 Å². The van der Waals surface area contributed by atoms with Gasteiger partial charge in [0.25, 0.3) is 0 Å². The molecule has 0 bridgehead atoms. The standard InChI is InChI=1S/C23H26F6N4O2.CH4/c1-14(15-9-17(22(24,25)26)11-18(10-15)23(27,28)29)35-13-21(16-5-3-2-4-6-16)8-7-19(12-31-21)32-20(34)33-30;/h2-6,9-11,14,19,31H,7-8,12-13,30H2,1H3,(H2,32,33,34);1H4/t14-,19+,21-;/m1./s1. The number of halogens is 6. The number of benzene rings is 2. The van der Waals surface area contributed by atoms with Gasteiger partial charge in [0, 0.05) is 12.6 Å². The van der Waals surface area contributed by atoms with Crippen molar-refractivity contribution in [2.45, 2.75) is 57.2 Å². The molecule has 0 spiro atoms. The van der Waals surface area contributed by atoms with E-state index in [1.54, 1.807) is 0 Å². The Morgan fingerprint density at radius 1 is 1.11 bits per heavy atom. The van der Waals surface area contributed by atoms with Crippen LogP contribution in [0.5, 0.6) is 0 Å². The fraction of sp³-hybridized carbons (Fsp3) is 0.458. The molecule has 1 fully saturated rings. The van der Waals surface area contributed by atoms with Crippen molar-refractivity contribution in [3.63, 3.8) is 0 Å². The van der Waals surface area contributed by atoms with Crippen LogP contribution in [0, 0.1) is 0 Å². The molecule has 1 heterocycles. The lowest BCUT2D eigenvalue weighted by molar-refractivity contribution is -0.143. The van der Waals surface area contributed by atoms with Gasteiger partial charge < -0.3 is 15.4 Å². The molecule has 2 amide bonds. The van der Waals surface area contributed by atoms with Gasteiger partial charge in [-0.05, 0) is 49.1 Å². The number of carbonyl (C=O) groups excluding carboxylic acids is 1. The first kappa shape index (κ1) is 29.4. The summed E-state index contributed by atoms with van der Waals surface area (Å²) < 4.78 is 85.4. The van der Waals surface area contributed by atoms with Gasteiger partial charge in [-0.25, -0.2) is 10.6 Å². The number of urea groups is 1. The SMILES string of the molecule is C.C[C@@H](OC[C@@]1(c2ccccc2)CC[C@H](NC(=O)NN)CN1)c1cc(C(F)(F)F)cc(C(F)(F)F)c1. The van der Waals surface area contributed by atoms with E-state index in [0.717, 1.165) is 5.56 Å². The Hall–Kier alpha value is -2.83. The Labute approximate surface area is 205 Å². The Morgan fingerprint density at radius 3 is 2.17 bits per heavy atom. The predicted molar refractivity (Wildman–Crippen MR) is 123 cm³/mol. The highest BCUT2D eigenvalue weighted by molar-refractivity contribution is 5.73. The minimum Gasteiger partial charge on any atom is -0.372 e. The van der Waals surface area contributed by atoms with Crippen LogP contribution < -0.4 is 21.9 Å². The van der Waals surface area contributed by atoms with Crippen LogP contribution in [0.1, 0.15) is 55.5 Å². The third kappa shape index (κ3) is 7.11. The fourth-order valence-electron chi connectivity index (χ4n) is 4.07. The van der Waals surface area contributed by atoms with Crippen LogP contribution in [0.25, 0.3) is 0 Å². The Kier molecular flexibility index (Phi) is 9.38. The van der Waals surface area contributed by atoms with Crippen molar-refractivity contribution in [3.05, 3.63) is 70.8 Å². The minimum atomic E-state index is -4.94. The summed E-state index contributed by atoms with van der Waals surface area (Å²) in [6.07, 6.45) is -9.92. The molecule has 0 saturated carbocycles. The lowest BCUT2D eigenvalue weighted by Gasteiger charge is -2.42. The topological polar surface area (TPSA) is 88.4 Å². The molecular formula is C24H30F6N4O2. The molecule has 1 aliphatic rings. The third-order valence-electron chi connectivity index (χ3n) is 6.06. The second-order valence-corrected chi connectivity index (χ2v) is 8.47. The molecular weight excluding hydrogens is 490 g/mol.